The van der Waals surface area contributed by atoms with Crippen molar-refractivity contribution in [1.29, 1.82) is 0 Å². The van der Waals surface area contributed by atoms with Crippen molar-refractivity contribution in [2.75, 3.05) is 7.11 Å². The minimum atomic E-state index is -0.807. The van der Waals surface area contributed by atoms with Crippen LogP contribution in [0.25, 0.3) is 0 Å². The van der Waals surface area contributed by atoms with Gasteiger partial charge in [-0.25, -0.2) is 0 Å². The first-order valence-electron chi connectivity index (χ1n) is 6.41. The molecule has 2 aromatic rings. The molecule has 0 spiro atoms. The van der Waals surface area contributed by atoms with E-state index in [9.17, 15) is 0 Å². The van der Waals surface area contributed by atoms with Crippen molar-refractivity contribution < 1.29 is 4.74 Å². The molecule has 0 heterocycles. The Labute approximate surface area is 147 Å². The summed E-state index contributed by atoms with van der Waals surface area (Å²) in [5, 5.41) is 0.670. The second kappa shape index (κ2) is 5.66. The third-order valence-electron chi connectivity index (χ3n) is 3.77. The number of hydrogen-bond acceptors (Lipinski definition) is 1. The molecular weight excluding hydrogens is 394 g/mol. The van der Waals surface area contributed by atoms with E-state index < -0.39 is 4.33 Å². The third-order valence-corrected chi connectivity index (χ3v) is 5.39. The summed E-state index contributed by atoms with van der Waals surface area (Å²) < 4.78 is 5.29. The zero-order valence-electron chi connectivity index (χ0n) is 11.1. The summed E-state index contributed by atoms with van der Waals surface area (Å²) in [5.74, 6) is 0.900. The fourth-order valence-corrected chi connectivity index (χ4v) is 4.49. The lowest BCUT2D eigenvalue weighted by Gasteiger charge is -2.04. The van der Waals surface area contributed by atoms with Gasteiger partial charge in [0.15, 0.2) is 0 Å². The van der Waals surface area contributed by atoms with Gasteiger partial charge in [-0.1, -0.05) is 39.7 Å². The number of hydrogen-bond donors (Lipinski definition) is 0. The maximum absolute atomic E-state index is 6.50. The third kappa shape index (κ3) is 2.92. The number of alkyl halides is 2. The standard InChI is InChI=1S/C16H12BrCl3O/c1-21-13-4-2-9(3-5-13)14-15(16(14,19)20)10-6-11(17)8-12(18)7-10/h2-8,14-15H,1H3/t14-,15-/m0/s1. The Kier molecular flexibility index (Phi) is 4.17. The van der Waals surface area contributed by atoms with E-state index in [1.807, 2.05) is 42.5 Å². The second-order valence-corrected chi connectivity index (χ2v) is 7.90. The highest BCUT2D eigenvalue weighted by molar-refractivity contribution is 9.10. The first-order chi connectivity index (χ1) is 9.93. The van der Waals surface area contributed by atoms with Gasteiger partial charge in [0, 0.05) is 21.3 Å². The molecule has 0 bridgehead atoms. The van der Waals surface area contributed by atoms with Crippen LogP contribution in [0.5, 0.6) is 5.75 Å². The van der Waals surface area contributed by atoms with Crippen LogP contribution >= 0.6 is 50.7 Å². The van der Waals surface area contributed by atoms with Crippen LogP contribution in [0, 0.1) is 0 Å². The van der Waals surface area contributed by atoms with Crippen molar-refractivity contribution in [3.05, 3.63) is 63.1 Å². The van der Waals surface area contributed by atoms with E-state index in [-0.39, 0.29) is 11.8 Å². The Morgan fingerprint density at radius 2 is 1.62 bits per heavy atom. The van der Waals surface area contributed by atoms with Crippen LogP contribution in [0.2, 0.25) is 5.02 Å². The maximum atomic E-state index is 6.50. The molecule has 1 fully saturated rings. The van der Waals surface area contributed by atoms with Crippen molar-refractivity contribution in [3.63, 3.8) is 0 Å². The minimum Gasteiger partial charge on any atom is -0.497 e. The second-order valence-electron chi connectivity index (χ2n) is 5.11. The van der Waals surface area contributed by atoms with E-state index in [0.29, 0.717) is 5.02 Å². The monoisotopic (exact) mass is 404 g/mol. The van der Waals surface area contributed by atoms with Gasteiger partial charge in [0.05, 0.1) is 7.11 Å². The minimum absolute atomic E-state index is 0.0317. The molecule has 0 N–H and O–H groups in total. The maximum Gasteiger partial charge on any atom is 0.133 e. The molecule has 21 heavy (non-hydrogen) atoms. The molecule has 0 amide bonds. The van der Waals surface area contributed by atoms with E-state index in [1.165, 1.54) is 0 Å². The number of methoxy groups -OCH3 is 1. The van der Waals surface area contributed by atoms with Gasteiger partial charge in [0.1, 0.15) is 10.1 Å². The molecule has 1 nitrogen and oxygen atoms in total. The number of benzene rings is 2. The summed E-state index contributed by atoms with van der Waals surface area (Å²) >= 11 is 22.6. The number of ether oxygens (including phenoxy) is 1. The van der Waals surface area contributed by atoms with E-state index in [1.54, 1.807) is 7.11 Å². The number of rotatable bonds is 3. The highest BCUT2D eigenvalue weighted by Crippen LogP contribution is 2.70. The van der Waals surface area contributed by atoms with Crippen molar-refractivity contribution >= 4 is 50.7 Å². The van der Waals surface area contributed by atoms with Gasteiger partial charge in [-0.05, 0) is 41.5 Å². The van der Waals surface area contributed by atoms with Crippen LogP contribution < -0.4 is 4.74 Å². The van der Waals surface area contributed by atoms with Crippen molar-refractivity contribution in [2.24, 2.45) is 0 Å². The van der Waals surface area contributed by atoms with Crippen LogP contribution in [0.3, 0.4) is 0 Å². The fraction of sp³-hybridized carbons (Fsp3) is 0.250. The lowest BCUT2D eigenvalue weighted by molar-refractivity contribution is 0.414. The smallest absolute Gasteiger partial charge is 0.133 e. The van der Waals surface area contributed by atoms with Crippen molar-refractivity contribution in [3.8, 4) is 5.75 Å². The lowest BCUT2D eigenvalue weighted by Crippen LogP contribution is -1.91. The Bertz CT molecular complexity index is 649. The van der Waals surface area contributed by atoms with E-state index in [4.69, 9.17) is 39.5 Å². The zero-order valence-corrected chi connectivity index (χ0v) is 15.0. The molecule has 0 unspecified atom stereocenters. The SMILES string of the molecule is COc1ccc([C@H]2[C@H](c3cc(Cl)cc(Br)c3)C2(Cl)Cl)cc1. The van der Waals surface area contributed by atoms with Crippen molar-refractivity contribution in [1.82, 2.24) is 0 Å². The zero-order chi connectivity index (χ0) is 15.2. The highest BCUT2D eigenvalue weighted by Gasteiger charge is 2.64. The molecule has 1 aliphatic carbocycles. The van der Waals surface area contributed by atoms with Gasteiger partial charge in [0.2, 0.25) is 0 Å². The fourth-order valence-electron chi connectivity index (χ4n) is 2.72. The molecule has 1 aliphatic rings. The van der Waals surface area contributed by atoms with Gasteiger partial charge in [-0.2, -0.15) is 0 Å². The lowest BCUT2D eigenvalue weighted by atomic mass is 10.0. The van der Waals surface area contributed by atoms with E-state index in [2.05, 4.69) is 15.9 Å². The first-order valence-corrected chi connectivity index (χ1v) is 8.34. The van der Waals surface area contributed by atoms with Gasteiger partial charge >= 0.3 is 0 Å². The molecule has 2 aromatic carbocycles. The topological polar surface area (TPSA) is 9.23 Å². The molecule has 3 rings (SSSR count). The quantitative estimate of drug-likeness (QED) is 0.554. The van der Waals surface area contributed by atoms with Gasteiger partial charge < -0.3 is 4.74 Å². The first kappa shape index (κ1) is 15.5. The summed E-state index contributed by atoms with van der Waals surface area (Å²) in [6, 6.07) is 13.6. The van der Waals surface area contributed by atoms with E-state index in [0.717, 1.165) is 21.3 Å². The predicted molar refractivity (Wildman–Crippen MR) is 92.1 cm³/mol. The largest absolute Gasteiger partial charge is 0.497 e. The Hall–Kier alpha value is -0.410. The molecule has 1 saturated carbocycles. The molecule has 0 aliphatic heterocycles. The normalized spacial score (nSPS) is 22.9. The average Bonchev–Trinajstić information content (AvgIpc) is 3.00. The summed E-state index contributed by atoms with van der Waals surface area (Å²) in [7, 11) is 1.64. The van der Waals surface area contributed by atoms with Crippen LogP contribution in [-0.2, 0) is 0 Å². The molecular formula is C16H12BrCl3O. The Balaban J connectivity index is 1.93. The number of halogens is 4. The Morgan fingerprint density at radius 3 is 2.19 bits per heavy atom. The highest BCUT2D eigenvalue weighted by atomic mass is 79.9. The summed E-state index contributed by atoms with van der Waals surface area (Å²) in [6.07, 6.45) is 0. The van der Waals surface area contributed by atoms with Gasteiger partial charge in [-0.3, -0.25) is 0 Å². The molecule has 0 radical (unpaired) electrons. The predicted octanol–water partition coefficient (Wildman–Crippen LogP) is 6.17. The van der Waals surface area contributed by atoms with Crippen LogP contribution in [0.4, 0.5) is 0 Å². The molecule has 0 saturated heterocycles. The van der Waals surface area contributed by atoms with Crippen LogP contribution in [0.15, 0.2) is 46.9 Å². The molecule has 0 aromatic heterocycles. The summed E-state index contributed by atoms with van der Waals surface area (Å²) in [6.45, 7) is 0. The van der Waals surface area contributed by atoms with Gasteiger partial charge in [-0.15, -0.1) is 23.2 Å². The van der Waals surface area contributed by atoms with Crippen molar-refractivity contribution in [2.45, 2.75) is 16.2 Å². The van der Waals surface area contributed by atoms with Crippen LogP contribution in [0.1, 0.15) is 23.0 Å². The molecule has 2 atom stereocenters. The van der Waals surface area contributed by atoms with E-state index >= 15 is 0 Å². The average molecular weight is 407 g/mol. The van der Waals surface area contributed by atoms with Crippen LogP contribution in [-0.4, -0.2) is 11.4 Å². The summed E-state index contributed by atoms with van der Waals surface area (Å²) in [4.78, 5) is 0. The molecule has 5 heteroatoms. The van der Waals surface area contributed by atoms with Gasteiger partial charge in [0.25, 0.3) is 0 Å². The Morgan fingerprint density at radius 1 is 1.00 bits per heavy atom. The summed E-state index contributed by atoms with van der Waals surface area (Å²) in [5.41, 5.74) is 2.14. The molecule has 110 valence electrons.